The molecule has 0 unspecified atom stereocenters. The topological polar surface area (TPSA) is 169 Å². The van der Waals surface area contributed by atoms with Crippen LogP contribution >= 0.6 is 0 Å². The van der Waals surface area contributed by atoms with Gasteiger partial charge in [0, 0.05) is 23.6 Å². The molecule has 1 saturated heterocycles. The van der Waals surface area contributed by atoms with Gasteiger partial charge in [-0.3, -0.25) is 9.59 Å². The number of rotatable bonds is 7. The molecule has 0 bridgehead atoms. The Morgan fingerprint density at radius 3 is 2.54 bits per heavy atom. The Labute approximate surface area is 229 Å². The number of benzene rings is 1. The van der Waals surface area contributed by atoms with E-state index < -0.39 is 53.6 Å². The van der Waals surface area contributed by atoms with Gasteiger partial charge in [0.05, 0.1) is 24.0 Å². The number of hydrogen-bond donors (Lipinski definition) is 4. The number of hydrogen-bond acceptors (Lipinski definition) is 10. The largest absolute Gasteiger partial charge is 0.481 e. The summed E-state index contributed by atoms with van der Waals surface area (Å²) in [6.07, 6.45) is -0.534. The van der Waals surface area contributed by atoms with Gasteiger partial charge in [-0.15, -0.1) is 0 Å². The van der Waals surface area contributed by atoms with E-state index in [0.29, 0.717) is 24.3 Å². The monoisotopic (exact) mass is 550 g/mol. The predicted octanol–water partition coefficient (Wildman–Crippen LogP) is 1.78. The van der Waals surface area contributed by atoms with Gasteiger partial charge in [0.15, 0.2) is 12.2 Å². The van der Waals surface area contributed by atoms with E-state index in [4.69, 9.17) is 25.1 Å². The smallest absolute Gasteiger partial charge is 0.352 e. The lowest BCUT2D eigenvalue weighted by Gasteiger charge is -2.58. The summed E-state index contributed by atoms with van der Waals surface area (Å²) in [4.78, 5) is 37.9. The standard InChI is InChI=1S/C26H34N2O9.2CH4/c1-13-5-6-16(12-29)21-20(13)25-9-10-28(4)15(3)26(25,34)8-7-18(22(25)37-21)36-23(32)14(2)35-24(33)17(27)11-19(30)31;;/h5-7,14-15,17,22,29,34H,8-12,27H2,1-4H3,(H,30,31);2*1H4/t14-,15+,17-,22-,25-,26+;;/m0../s1. The van der Waals surface area contributed by atoms with Crippen LogP contribution in [0.1, 0.15) is 64.7 Å². The van der Waals surface area contributed by atoms with Crippen LogP contribution in [0.25, 0.3) is 0 Å². The first-order valence-electron chi connectivity index (χ1n) is 12.3. The van der Waals surface area contributed by atoms with Crippen molar-refractivity contribution >= 4 is 17.9 Å². The van der Waals surface area contributed by atoms with Crippen molar-refractivity contribution in [2.24, 2.45) is 5.73 Å². The molecule has 1 fully saturated rings. The number of carboxylic acid groups (broad SMARTS) is 1. The molecular formula is C28H42N2O9. The van der Waals surface area contributed by atoms with E-state index in [1.54, 1.807) is 12.1 Å². The summed E-state index contributed by atoms with van der Waals surface area (Å²) in [5, 5.41) is 31.1. The Balaban J connectivity index is 0.00000267. The molecule has 11 nitrogen and oxygen atoms in total. The second-order valence-corrected chi connectivity index (χ2v) is 10.2. The van der Waals surface area contributed by atoms with Crippen LogP contribution in [0.3, 0.4) is 0 Å². The zero-order valence-electron chi connectivity index (χ0n) is 21.4. The molecule has 2 heterocycles. The van der Waals surface area contributed by atoms with Crippen molar-refractivity contribution in [3.63, 3.8) is 0 Å². The third kappa shape index (κ3) is 5.04. The lowest BCUT2D eigenvalue weighted by Crippen LogP contribution is -2.71. The maximum absolute atomic E-state index is 12.9. The number of aliphatic hydroxyl groups is 2. The van der Waals surface area contributed by atoms with Gasteiger partial charge in [-0.25, -0.2) is 4.79 Å². The van der Waals surface area contributed by atoms with E-state index in [1.165, 1.54) is 6.92 Å². The number of ether oxygens (including phenoxy) is 3. The number of aliphatic carboxylic acids is 1. The van der Waals surface area contributed by atoms with Crippen molar-refractivity contribution in [3.8, 4) is 5.75 Å². The van der Waals surface area contributed by atoms with Crippen LogP contribution in [-0.4, -0.2) is 81.6 Å². The zero-order chi connectivity index (χ0) is 27.3. The number of aliphatic hydroxyl groups excluding tert-OH is 1. The fourth-order valence-electron chi connectivity index (χ4n) is 5.98. The van der Waals surface area contributed by atoms with Crippen LogP contribution in [-0.2, 0) is 35.9 Å². The van der Waals surface area contributed by atoms with Crippen molar-refractivity contribution in [3.05, 3.63) is 40.7 Å². The molecule has 39 heavy (non-hydrogen) atoms. The summed E-state index contributed by atoms with van der Waals surface area (Å²) < 4.78 is 17.1. The molecule has 1 aromatic carbocycles. The Morgan fingerprint density at radius 2 is 1.92 bits per heavy atom. The number of carbonyl (C=O) groups is 3. The highest BCUT2D eigenvalue weighted by Gasteiger charge is 2.69. The van der Waals surface area contributed by atoms with E-state index >= 15 is 0 Å². The highest BCUT2D eigenvalue weighted by Crippen LogP contribution is 2.61. The number of nitrogens with two attached hydrogens (primary N) is 1. The second kappa shape index (κ2) is 11.6. The summed E-state index contributed by atoms with van der Waals surface area (Å²) in [6.45, 7) is 5.58. The number of fused-ring (bicyclic) bond motifs is 1. The molecule has 1 spiro atoms. The molecule has 1 aromatic rings. The number of esters is 2. The van der Waals surface area contributed by atoms with E-state index in [2.05, 4.69) is 4.90 Å². The maximum Gasteiger partial charge on any atom is 0.352 e. The first kappa shape index (κ1) is 32.2. The lowest BCUT2D eigenvalue weighted by atomic mass is 9.54. The van der Waals surface area contributed by atoms with Crippen LogP contribution in [0.2, 0.25) is 0 Å². The summed E-state index contributed by atoms with van der Waals surface area (Å²) in [5.41, 5.74) is 5.59. The molecule has 11 heteroatoms. The van der Waals surface area contributed by atoms with E-state index in [9.17, 15) is 24.6 Å². The normalized spacial score (nSPS) is 28.5. The Morgan fingerprint density at radius 1 is 1.26 bits per heavy atom. The van der Waals surface area contributed by atoms with Crippen molar-refractivity contribution in [2.45, 2.75) is 96.8 Å². The molecule has 218 valence electrons. The number of nitrogens with zero attached hydrogens (tertiary/aromatic N) is 1. The van der Waals surface area contributed by atoms with Crippen molar-refractivity contribution in [1.82, 2.24) is 4.90 Å². The van der Waals surface area contributed by atoms with Crippen LogP contribution in [0, 0.1) is 6.92 Å². The van der Waals surface area contributed by atoms with Gasteiger partial charge in [-0.2, -0.15) is 0 Å². The van der Waals surface area contributed by atoms with Gasteiger partial charge in [-0.05, 0) is 52.4 Å². The highest BCUT2D eigenvalue weighted by atomic mass is 16.6. The maximum atomic E-state index is 12.9. The van der Waals surface area contributed by atoms with E-state index in [-0.39, 0.29) is 39.7 Å². The third-order valence-electron chi connectivity index (χ3n) is 8.14. The van der Waals surface area contributed by atoms with E-state index in [0.717, 1.165) is 11.1 Å². The van der Waals surface area contributed by atoms with Crippen molar-refractivity contribution in [2.75, 3.05) is 13.6 Å². The average Bonchev–Trinajstić information content (AvgIpc) is 3.20. The minimum atomic E-state index is -1.42. The van der Waals surface area contributed by atoms with Crippen molar-refractivity contribution in [1.29, 1.82) is 0 Å². The summed E-state index contributed by atoms with van der Waals surface area (Å²) in [5.74, 6) is -2.53. The molecule has 0 amide bonds. The molecule has 0 radical (unpaired) electrons. The average molecular weight is 551 g/mol. The fourth-order valence-corrected chi connectivity index (χ4v) is 5.98. The number of likely N-dealkylation sites (tertiary alicyclic amines) is 1. The quantitative estimate of drug-likeness (QED) is 0.365. The van der Waals surface area contributed by atoms with Crippen LogP contribution in [0.15, 0.2) is 24.0 Å². The summed E-state index contributed by atoms with van der Waals surface area (Å²) in [7, 11) is 1.95. The second-order valence-electron chi connectivity index (χ2n) is 10.2. The molecule has 0 saturated carbocycles. The number of piperidine rings is 1. The van der Waals surface area contributed by atoms with Crippen LogP contribution < -0.4 is 10.5 Å². The number of carboxylic acids is 1. The van der Waals surface area contributed by atoms with Gasteiger partial charge in [0.1, 0.15) is 17.6 Å². The molecule has 5 N–H and O–H groups in total. The lowest BCUT2D eigenvalue weighted by molar-refractivity contribution is -0.172. The molecule has 3 aliphatic rings. The Bertz CT molecular complexity index is 1150. The predicted molar refractivity (Wildman–Crippen MR) is 143 cm³/mol. The van der Waals surface area contributed by atoms with Gasteiger partial charge >= 0.3 is 17.9 Å². The highest BCUT2D eigenvalue weighted by molar-refractivity contribution is 5.85. The molecule has 6 atom stereocenters. The third-order valence-corrected chi connectivity index (χ3v) is 8.14. The SMILES string of the molecule is C.C.Cc1ccc(CO)c2c1[C@]13CCN(C)[C@H](C)[C@]1(O)CC=C(OC(=O)[C@H](C)OC(=O)[C@@H](N)CC(=O)O)[C@@H]3O2. The molecule has 0 aromatic heterocycles. The minimum Gasteiger partial charge on any atom is -0.481 e. The summed E-state index contributed by atoms with van der Waals surface area (Å²) >= 11 is 0. The van der Waals surface area contributed by atoms with Gasteiger partial charge in [0.2, 0.25) is 0 Å². The molecule has 1 aliphatic carbocycles. The first-order chi connectivity index (χ1) is 17.4. The molecule has 4 rings (SSSR count). The van der Waals surface area contributed by atoms with Crippen molar-refractivity contribution < 1.29 is 43.9 Å². The summed E-state index contributed by atoms with van der Waals surface area (Å²) in [6, 6.07) is 1.99. The number of carbonyl (C=O) groups excluding carboxylic acids is 2. The minimum absolute atomic E-state index is 0. The van der Waals surface area contributed by atoms with Gasteiger partial charge < -0.3 is 40.2 Å². The molecular weight excluding hydrogens is 508 g/mol. The van der Waals surface area contributed by atoms with Crippen LogP contribution in [0.5, 0.6) is 5.75 Å². The van der Waals surface area contributed by atoms with Gasteiger partial charge in [-0.1, -0.05) is 27.0 Å². The Kier molecular flexibility index (Phi) is 9.61. The number of aryl methyl sites for hydroxylation is 1. The molecule has 2 aliphatic heterocycles. The number of likely N-dealkylation sites (N-methyl/N-ethyl adjacent to an activating group) is 1. The van der Waals surface area contributed by atoms with Gasteiger partial charge in [0.25, 0.3) is 0 Å². The zero-order valence-corrected chi connectivity index (χ0v) is 21.4. The first-order valence-corrected chi connectivity index (χ1v) is 12.3. The van der Waals surface area contributed by atoms with Crippen LogP contribution in [0.4, 0.5) is 0 Å². The fraction of sp³-hybridized carbons (Fsp3) is 0.607. The van der Waals surface area contributed by atoms with E-state index in [1.807, 2.05) is 27.0 Å². The Hall–Kier alpha value is -2.99.